The lowest BCUT2D eigenvalue weighted by Gasteiger charge is -2.34. The molecule has 1 saturated heterocycles. The van der Waals surface area contributed by atoms with Crippen LogP contribution in [0.25, 0.3) is 17.0 Å². The fourth-order valence-electron chi connectivity index (χ4n) is 4.19. The normalized spacial score (nSPS) is 14.1. The van der Waals surface area contributed by atoms with Gasteiger partial charge in [0.2, 0.25) is 11.7 Å². The summed E-state index contributed by atoms with van der Waals surface area (Å²) >= 11 is 0. The largest absolute Gasteiger partial charge is 0.465 e. The summed E-state index contributed by atoms with van der Waals surface area (Å²) in [6.45, 7) is 6.10. The number of likely N-dealkylation sites (tertiary alicyclic amines) is 1. The van der Waals surface area contributed by atoms with E-state index in [0.29, 0.717) is 60.2 Å². The zero-order chi connectivity index (χ0) is 26.3. The van der Waals surface area contributed by atoms with Gasteiger partial charge in [-0.1, -0.05) is 17.3 Å². The Labute approximate surface area is 212 Å². The summed E-state index contributed by atoms with van der Waals surface area (Å²) in [5.41, 5.74) is 3.46. The topological polar surface area (TPSA) is 146 Å². The number of nitrogens with zero attached hydrogens (tertiary/aromatic N) is 5. The average molecular weight is 505 g/mol. The molecule has 5 rings (SSSR count). The summed E-state index contributed by atoms with van der Waals surface area (Å²) in [6.07, 6.45) is 3.71. The number of carboxylic acid groups (broad SMARTS) is 1. The zero-order valence-corrected chi connectivity index (χ0v) is 20.8. The minimum atomic E-state index is -0.966. The molecule has 1 aliphatic heterocycles. The molecule has 4 aromatic rings. The molecule has 4 heterocycles. The number of carbonyl (C=O) groups is 2. The summed E-state index contributed by atoms with van der Waals surface area (Å²) in [7, 11) is 0. The number of carbonyl (C=O) groups excluding carboxylic acids is 1. The number of amides is 2. The molecule has 0 saturated carbocycles. The first-order valence-electron chi connectivity index (χ1n) is 12.0. The number of nitrogens with one attached hydrogen (secondary N) is 1. The monoisotopic (exact) mass is 504 g/mol. The SMILES string of the molecule is Cc1ccc(-c2noc(C3CN(C(=O)O)C3)n2)cc1NC(=O)c1cnc2cc(CCC(C)(C)O)ccn12. The molecule has 0 spiro atoms. The summed E-state index contributed by atoms with van der Waals surface area (Å²) in [5.74, 6) is 0.334. The van der Waals surface area contributed by atoms with Crippen LogP contribution in [0.1, 0.15) is 53.7 Å². The van der Waals surface area contributed by atoms with Crippen LogP contribution in [0.4, 0.5) is 10.5 Å². The minimum Gasteiger partial charge on any atom is -0.465 e. The highest BCUT2D eigenvalue weighted by Gasteiger charge is 2.35. The molecule has 1 fully saturated rings. The van der Waals surface area contributed by atoms with Gasteiger partial charge in [0, 0.05) is 30.5 Å². The lowest BCUT2D eigenvalue weighted by molar-refractivity contribution is 0.0713. The van der Waals surface area contributed by atoms with Crippen molar-refractivity contribution in [2.75, 3.05) is 18.4 Å². The van der Waals surface area contributed by atoms with Crippen molar-refractivity contribution in [1.82, 2.24) is 24.4 Å². The molecule has 11 heteroatoms. The number of imidazole rings is 1. The molecule has 1 aliphatic rings. The second-order valence-electron chi connectivity index (χ2n) is 10.0. The van der Waals surface area contributed by atoms with Gasteiger partial charge in [0.15, 0.2) is 0 Å². The van der Waals surface area contributed by atoms with Gasteiger partial charge in [0.1, 0.15) is 11.3 Å². The lowest BCUT2D eigenvalue weighted by Crippen LogP contribution is -2.47. The molecule has 0 radical (unpaired) electrons. The van der Waals surface area contributed by atoms with Crippen LogP contribution in [0.5, 0.6) is 0 Å². The fraction of sp³-hybridized carbons (Fsp3) is 0.346. The molecule has 3 N–H and O–H groups in total. The number of hydrogen-bond acceptors (Lipinski definition) is 7. The number of anilines is 1. The third-order valence-electron chi connectivity index (χ3n) is 6.52. The summed E-state index contributed by atoms with van der Waals surface area (Å²) < 4.78 is 7.09. The van der Waals surface area contributed by atoms with Gasteiger partial charge in [-0.15, -0.1) is 0 Å². The van der Waals surface area contributed by atoms with Crippen molar-refractivity contribution in [2.24, 2.45) is 0 Å². The predicted molar refractivity (Wildman–Crippen MR) is 135 cm³/mol. The zero-order valence-electron chi connectivity index (χ0n) is 20.8. The number of hydrogen-bond donors (Lipinski definition) is 3. The van der Waals surface area contributed by atoms with E-state index in [0.717, 1.165) is 11.1 Å². The van der Waals surface area contributed by atoms with Crippen molar-refractivity contribution in [2.45, 2.75) is 45.1 Å². The van der Waals surface area contributed by atoms with Gasteiger partial charge in [-0.3, -0.25) is 9.20 Å². The average Bonchev–Trinajstić information content (AvgIpc) is 3.45. The first kappa shape index (κ1) is 24.4. The Hall–Kier alpha value is -4.25. The van der Waals surface area contributed by atoms with E-state index in [9.17, 15) is 14.7 Å². The number of rotatable bonds is 7. The van der Waals surface area contributed by atoms with Crippen molar-refractivity contribution in [3.05, 3.63) is 65.4 Å². The third-order valence-corrected chi connectivity index (χ3v) is 6.52. The molecule has 0 aliphatic carbocycles. The Morgan fingerprint density at radius 2 is 2.00 bits per heavy atom. The van der Waals surface area contributed by atoms with Gasteiger partial charge >= 0.3 is 6.09 Å². The van der Waals surface area contributed by atoms with Crippen LogP contribution in [0.15, 0.2) is 47.2 Å². The van der Waals surface area contributed by atoms with Gasteiger partial charge < -0.3 is 25.0 Å². The summed E-state index contributed by atoms with van der Waals surface area (Å²) in [5, 5.41) is 26.0. The molecule has 0 bridgehead atoms. The maximum atomic E-state index is 13.1. The fourth-order valence-corrected chi connectivity index (χ4v) is 4.19. The molecule has 37 heavy (non-hydrogen) atoms. The molecule has 0 atom stereocenters. The van der Waals surface area contributed by atoms with Crippen molar-refractivity contribution < 1.29 is 24.3 Å². The minimum absolute atomic E-state index is 0.118. The highest BCUT2D eigenvalue weighted by Crippen LogP contribution is 2.29. The van der Waals surface area contributed by atoms with E-state index in [4.69, 9.17) is 9.63 Å². The maximum Gasteiger partial charge on any atom is 0.407 e. The first-order valence-corrected chi connectivity index (χ1v) is 12.0. The highest BCUT2D eigenvalue weighted by atomic mass is 16.5. The standard InChI is InChI=1S/C26H28N6O5/c1-15-4-5-17(22-29-24(37-30-22)18-13-31(14-18)25(34)35)11-19(15)28-23(33)20-12-27-21-10-16(7-9-32(20)21)6-8-26(2,3)36/h4-5,7,9-12,18,36H,6,8,13-14H2,1-3H3,(H,28,33)(H,34,35). The Morgan fingerprint density at radius 3 is 2.73 bits per heavy atom. The quantitative estimate of drug-likeness (QED) is 0.345. The van der Waals surface area contributed by atoms with Crippen molar-refractivity contribution in [1.29, 1.82) is 0 Å². The van der Waals surface area contributed by atoms with E-state index in [1.165, 1.54) is 11.1 Å². The first-order chi connectivity index (χ1) is 17.6. The molecular weight excluding hydrogens is 476 g/mol. The summed E-state index contributed by atoms with van der Waals surface area (Å²) in [4.78, 5) is 34.2. The molecule has 192 valence electrons. The Balaban J connectivity index is 1.31. The van der Waals surface area contributed by atoms with E-state index in [1.807, 2.05) is 37.4 Å². The van der Waals surface area contributed by atoms with Crippen LogP contribution in [0.3, 0.4) is 0 Å². The molecule has 0 unspecified atom stereocenters. The lowest BCUT2D eigenvalue weighted by atomic mass is 9.99. The molecule has 2 amide bonds. The van der Waals surface area contributed by atoms with Crippen molar-refractivity contribution >= 4 is 23.3 Å². The van der Waals surface area contributed by atoms with Crippen LogP contribution >= 0.6 is 0 Å². The Bertz CT molecular complexity index is 1480. The van der Waals surface area contributed by atoms with Crippen LogP contribution in [-0.2, 0) is 6.42 Å². The number of pyridine rings is 1. The van der Waals surface area contributed by atoms with Gasteiger partial charge in [0.25, 0.3) is 5.91 Å². The molecule has 1 aromatic carbocycles. The van der Waals surface area contributed by atoms with Gasteiger partial charge in [-0.25, -0.2) is 9.78 Å². The Morgan fingerprint density at radius 1 is 1.22 bits per heavy atom. The third kappa shape index (κ3) is 5.17. The van der Waals surface area contributed by atoms with Gasteiger partial charge in [-0.05, 0) is 62.9 Å². The second kappa shape index (κ2) is 9.32. The maximum absolute atomic E-state index is 13.1. The Kier molecular flexibility index (Phi) is 6.16. The summed E-state index contributed by atoms with van der Waals surface area (Å²) in [6, 6.07) is 9.33. The molecule has 11 nitrogen and oxygen atoms in total. The van der Waals surface area contributed by atoms with Gasteiger partial charge in [0.05, 0.1) is 17.7 Å². The highest BCUT2D eigenvalue weighted by molar-refractivity contribution is 6.04. The van der Waals surface area contributed by atoms with Crippen LogP contribution in [0.2, 0.25) is 0 Å². The van der Waals surface area contributed by atoms with E-state index in [2.05, 4.69) is 20.4 Å². The van der Waals surface area contributed by atoms with E-state index < -0.39 is 11.7 Å². The number of aromatic nitrogens is 4. The number of fused-ring (bicyclic) bond motifs is 1. The predicted octanol–water partition coefficient (Wildman–Crippen LogP) is 3.73. The van der Waals surface area contributed by atoms with Crippen LogP contribution in [0, 0.1) is 6.92 Å². The number of aliphatic hydroxyl groups is 1. The number of benzene rings is 1. The van der Waals surface area contributed by atoms with Crippen LogP contribution < -0.4 is 5.32 Å². The second-order valence-corrected chi connectivity index (χ2v) is 10.0. The van der Waals surface area contributed by atoms with E-state index >= 15 is 0 Å². The van der Waals surface area contributed by atoms with E-state index in [1.54, 1.807) is 24.3 Å². The van der Waals surface area contributed by atoms with Crippen molar-refractivity contribution in [3.63, 3.8) is 0 Å². The smallest absolute Gasteiger partial charge is 0.407 e. The van der Waals surface area contributed by atoms with E-state index in [-0.39, 0.29) is 11.8 Å². The molecule has 3 aromatic heterocycles. The number of aryl methyl sites for hydroxylation is 2. The van der Waals surface area contributed by atoms with Crippen molar-refractivity contribution in [3.8, 4) is 11.4 Å². The van der Waals surface area contributed by atoms with Gasteiger partial charge in [-0.2, -0.15) is 4.98 Å². The van der Waals surface area contributed by atoms with Crippen LogP contribution in [-0.4, -0.2) is 65.3 Å². The molecular formula is C26H28N6O5.